The molecule has 0 aliphatic carbocycles. The predicted octanol–water partition coefficient (Wildman–Crippen LogP) is 7.16. The molecular weight excluding hydrogens is 630 g/mol. The van der Waals surface area contributed by atoms with Crippen LogP contribution in [0.3, 0.4) is 0 Å². The van der Waals surface area contributed by atoms with E-state index in [1.165, 1.54) is 0 Å². The molecule has 48 heavy (non-hydrogen) atoms. The van der Waals surface area contributed by atoms with Crippen molar-refractivity contribution in [3.05, 3.63) is 76.3 Å². The van der Waals surface area contributed by atoms with E-state index in [4.69, 9.17) is 35.5 Å². The van der Waals surface area contributed by atoms with Crippen molar-refractivity contribution >= 4 is 34.5 Å². The highest BCUT2D eigenvalue weighted by molar-refractivity contribution is 6.30. The molecule has 0 saturated carbocycles. The van der Waals surface area contributed by atoms with Gasteiger partial charge in [-0.1, -0.05) is 35.9 Å². The lowest BCUT2D eigenvalue weighted by atomic mass is 9.94. The average Bonchev–Trinajstić information content (AvgIpc) is 3.52. The highest BCUT2D eigenvalue weighted by atomic mass is 35.5. The Hall–Kier alpha value is -3.99. The Balaban J connectivity index is 1.20. The van der Waals surface area contributed by atoms with Gasteiger partial charge < -0.3 is 39.0 Å². The number of H-pyrrole nitrogens is 1. The predicted molar refractivity (Wildman–Crippen MR) is 191 cm³/mol. The number of likely N-dealkylation sites (N-methyl/N-ethyl adjacent to an activating group) is 1. The number of carbonyl (C=O) groups is 1. The van der Waals surface area contributed by atoms with Crippen LogP contribution in [0.5, 0.6) is 17.2 Å². The number of anilines is 1. The van der Waals surface area contributed by atoms with E-state index in [0.717, 1.165) is 67.0 Å². The van der Waals surface area contributed by atoms with Gasteiger partial charge in [0.25, 0.3) is 5.91 Å². The number of fused-ring (bicyclic) bond motifs is 1. The third-order valence-electron chi connectivity index (χ3n) is 9.21. The van der Waals surface area contributed by atoms with E-state index >= 15 is 0 Å². The summed E-state index contributed by atoms with van der Waals surface area (Å²) >= 11 is 6.24. The number of hydrogen-bond acceptors (Lipinski definition) is 8. The Kier molecular flexibility index (Phi) is 12.1. The number of halogens is 1. The van der Waals surface area contributed by atoms with Gasteiger partial charge in [0.2, 0.25) is 11.7 Å². The Morgan fingerprint density at radius 2 is 1.75 bits per heavy atom. The SMILES string of the molecule is CCOC(C)c1cccc2[nH]c(NC3CCN(CCC(CN(C)C(=O)c4cc(OC)c(OC)c(OC)c4)c4ccc(Cl)cc4)CC3)nc12. The molecule has 2 atom stereocenters. The second-order valence-corrected chi connectivity index (χ2v) is 12.8. The minimum Gasteiger partial charge on any atom is -0.493 e. The number of methoxy groups -OCH3 is 3. The first-order chi connectivity index (χ1) is 23.2. The van der Waals surface area contributed by atoms with E-state index in [1.54, 1.807) is 38.4 Å². The molecule has 258 valence electrons. The Morgan fingerprint density at radius 1 is 1.06 bits per heavy atom. The van der Waals surface area contributed by atoms with Crippen molar-refractivity contribution in [2.24, 2.45) is 0 Å². The Morgan fingerprint density at radius 3 is 2.38 bits per heavy atom. The second-order valence-electron chi connectivity index (χ2n) is 12.3. The van der Waals surface area contributed by atoms with E-state index in [0.29, 0.717) is 47.0 Å². The highest BCUT2D eigenvalue weighted by Gasteiger charge is 2.25. The summed E-state index contributed by atoms with van der Waals surface area (Å²) in [6.07, 6.45) is 2.92. The van der Waals surface area contributed by atoms with Gasteiger partial charge in [-0.3, -0.25) is 4.79 Å². The van der Waals surface area contributed by atoms with Crippen LogP contribution in [0, 0.1) is 0 Å². The lowest BCUT2D eigenvalue weighted by molar-refractivity contribution is 0.0772. The van der Waals surface area contributed by atoms with Gasteiger partial charge in [0.05, 0.1) is 38.5 Å². The van der Waals surface area contributed by atoms with Crippen LogP contribution in [0.25, 0.3) is 11.0 Å². The molecule has 5 rings (SSSR count). The molecule has 11 heteroatoms. The van der Waals surface area contributed by atoms with Crippen molar-refractivity contribution in [1.29, 1.82) is 0 Å². The molecule has 4 aromatic rings. The quantitative estimate of drug-likeness (QED) is 0.137. The summed E-state index contributed by atoms with van der Waals surface area (Å²) in [6.45, 7) is 8.18. The number of hydrogen-bond donors (Lipinski definition) is 2. The number of ether oxygens (including phenoxy) is 4. The molecule has 0 spiro atoms. The minimum absolute atomic E-state index is 0.0119. The van der Waals surface area contributed by atoms with Gasteiger partial charge in [0.1, 0.15) is 0 Å². The molecule has 1 aliphatic rings. The molecule has 2 N–H and O–H groups in total. The first kappa shape index (κ1) is 35.3. The zero-order valence-electron chi connectivity index (χ0n) is 28.8. The van der Waals surface area contributed by atoms with Crippen LogP contribution in [-0.2, 0) is 4.74 Å². The number of rotatable bonds is 15. The van der Waals surface area contributed by atoms with Gasteiger partial charge in [0.15, 0.2) is 11.5 Å². The van der Waals surface area contributed by atoms with E-state index in [1.807, 2.05) is 32.2 Å². The summed E-state index contributed by atoms with van der Waals surface area (Å²) in [5.41, 5.74) is 4.70. The van der Waals surface area contributed by atoms with Crippen molar-refractivity contribution in [2.75, 3.05) is 66.5 Å². The number of likely N-dealkylation sites (tertiary alicyclic amines) is 1. The maximum Gasteiger partial charge on any atom is 0.253 e. The summed E-state index contributed by atoms with van der Waals surface area (Å²) < 4.78 is 22.2. The van der Waals surface area contributed by atoms with E-state index in [2.05, 4.69) is 46.4 Å². The molecule has 1 saturated heterocycles. The summed E-state index contributed by atoms with van der Waals surface area (Å²) in [7, 11) is 6.47. The van der Waals surface area contributed by atoms with Crippen molar-refractivity contribution in [3.8, 4) is 17.2 Å². The Bertz CT molecular complexity index is 1630. The fraction of sp³-hybridized carbons (Fsp3) is 0.459. The van der Waals surface area contributed by atoms with E-state index in [-0.39, 0.29) is 17.9 Å². The molecule has 1 aromatic heterocycles. The zero-order valence-corrected chi connectivity index (χ0v) is 29.6. The van der Waals surface area contributed by atoms with Crippen LogP contribution in [0.2, 0.25) is 5.02 Å². The minimum atomic E-state index is -0.120. The van der Waals surface area contributed by atoms with Gasteiger partial charge >= 0.3 is 0 Å². The molecule has 3 aromatic carbocycles. The van der Waals surface area contributed by atoms with Gasteiger partial charge in [0, 0.05) is 61.4 Å². The Labute approximate surface area is 288 Å². The molecular formula is C37H48ClN5O5. The fourth-order valence-electron chi connectivity index (χ4n) is 6.56. The third-order valence-corrected chi connectivity index (χ3v) is 9.47. The number of nitrogens with zero attached hydrogens (tertiary/aromatic N) is 3. The first-order valence-corrected chi connectivity index (χ1v) is 17.0. The third kappa shape index (κ3) is 8.35. The number of benzene rings is 3. The smallest absolute Gasteiger partial charge is 0.253 e. The number of amides is 1. The van der Waals surface area contributed by atoms with Crippen LogP contribution < -0.4 is 19.5 Å². The van der Waals surface area contributed by atoms with Crippen molar-refractivity contribution in [2.45, 2.75) is 51.2 Å². The number of imidazole rings is 1. The number of carbonyl (C=O) groups excluding carboxylic acids is 1. The number of piperidine rings is 1. The van der Waals surface area contributed by atoms with Gasteiger partial charge in [-0.2, -0.15) is 0 Å². The monoisotopic (exact) mass is 677 g/mol. The van der Waals surface area contributed by atoms with Crippen molar-refractivity contribution < 1.29 is 23.7 Å². The normalized spacial score (nSPS) is 15.2. The molecule has 2 unspecified atom stereocenters. The maximum atomic E-state index is 13.7. The largest absolute Gasteiger partial charge is 0.493 e. The molecule has 1 aliphatic heterocycles. The van der Waals surface area contributed by atoms with E-state index in [9.17, 15) is 4.79 Å². The van der Waals surface area contributed by atoms with Gasteiger partial charge in [-0.15, -0.1) is 0 Å². The summed E-state index contributed by atoms with van der Waals surface area (Å²) in [4.78, 5) is 26.3. The van der Waals surface area contributed by atoms with Gasteiger partial charge in [-0.25, -0.2) is 4.98 Å². The van der Waals surface area contributed by atoms with Crippen molar-refractivity contribution in [3.63, 3.8) is 0 Å². The molecule has 1 fully saturated rings. The molecule has 2 heterocycles. The fourth-order valence-corrected chi connectivity index (χ4v) is 6.69. The standard InChI is InChI=1S/C37H48ClN5O5/c1-7-48-24(2)30-9-8-10-31-34(30)41-37(40-31)39-29-16-19-43(20-17-29)18-15-26(25-11-13-28(38)14-12-25)23-42(3)36(44)27-21-32(45-4)35(47-6)33(22-27)46-5/h8-14,21-22,24,26,29H,7,15-20,23H2,1-6H3,(H2,39,40,41). The number of para-hydroxylation sites is 1. The maximum absolute atomic E-state index is 13.7. The number of aromatic nitrogens is 2. The van der Waals surface area contributed by atoms with E-state index < -0.39 is 0 Å². The number of aromatic amines is 1. The molecule has 0 bridgehead atoms. The topological polar surface area (TPSA) is 101 Å². The lowest BCUT2D eigenvalue weighted by Crippen LogP contribution is -2.40. The molecule has 10 nitrogen and oxygen atoms in total. The zero-order chi connectivity index (χ0) is 34.2. The van der Waals surface area contributed by atoms with Crippen LogP contribution >= 0.6 is 11.6 Å². The lowest BCUT2D eigenvalue weighted by Gasteiger charge is -2.34. The van der Waals surface area contributed by atoms with Gasteiger partial charge in [-0.05, 0) is 75.5 Å². The van der Waals surface area contributed by atoms with Crippen LogP contribution in [0.1, 0.15) is 66.6 Å². The van der Waals surface area contributed by atoms with Crippen LogP contribution in [0.15, 0.2) is 54.6 Å². The second kappa shape index (κ2) is 16.4. The first-order valence-electron chi connectivity index (χ1n) is 16.6. The van der Waals surface area contributed by atoms with Crippen LogP contribution in [-0.4, -0.2) is 92.9 Å². The summed E-state index contributed by atoms with van der Waals surface area (Å²) in [5, 5.41) is 4.34. The number of nitrogens with one attached hydrogen (secondary N) is 2. The average molecular weight is 678 g/mol. The molecule has 1 amide bonds. The molecule has 0 radical (unpaired) electrons. The summed E-state index contributed by atoms with van der Waals surface area (Å²) in [5.74, 6) is 2.16. The summed E-state index contributed by atoms with van der Waals surface area (Å²) in [6, 6.07) is 17.9. The highest BCUT2D eigenvalue weighted by Crippen LogP contribution is 2.38. The van der Waals surface area contributed by atoms with Crippen molar-refractivity contribution in [1.82, 2.24) is 19.8 Å². The van der Waals surface area contributed by atoms with Crippen LogP contribution in [0.4, 0.5) is 5.95 Å².